The summed E-state index contributed by atoms with van der Waals surface area (Å²) in [6, 6.07) is 12.8. The van der Waals surface area contributed by atoms with Crippen LogP contribution in [0.2, 0.25) is 0 Å². The van der Waals surface area contributed by atoms with Gasteiger partial charge in [0, 0.05) is 30.5 Å². The van der Waals surface area contributed by atoms with Gasteiger partial charge in [0.15, 0.2) is 0 Å². The first-order valence-electron chi connectivity index (χ1n) is 8.82. The Kier molecular flexibility index (Phi) is 5.54. The Balaban J connectivity index is 2.53. The van der Waals surface area contributed by atoms with Crippen LogP contribution in [0.15, 0.2) is 36.4 Å². The predicted molar refractivity (Wildman–Crippen MR) is 113 cm³/mol. The molecule has 0 saturated carbocycles. The molecule has 0 fully saturated rings. The van der Waals surface area contributed by atoms with Crippen LogP contribution in [-0.2, 0) is 10.6 Å². The molecule has 1 atom stereocenters. The lowest BCUT2D eigenvalue weighted by Crippen LogP contribution is -2.22. The Morgan fingerprint density at radius 3 is 2.04 bits per heavy atom. The van der Waals surface area contributed by atoms with Crippen LogP contribution in [0.1, 0.15) is 51.3 Å². The zero-order chi connectivity index (χ0) is 19.0. The molecule has 1 N–H and O–H groups in total. The molecular weight excluding hydrogens is 325 g/mol. The van der Waals surface area contributed by atoms with Gasteiger partial charge in [-0.1, -0.05) is 79.1 Å². The van der Waals surface area contributed by atoms with Crippen LogP contribution in [0.5, 0.6) is 5.75 Å². The van der Waals surface area contributed by atoms with E-state index < -0.39 is 0 Å². The highest BCUT2D eigenvalue weighted by Gasteiger charge is 2.30. The van der Waals surface area contributed by atoms with Gasteiger partial charge in [0.1, 0.15) is 5.75 Å². The molecule has 2 aromatic rings. The average molecular weight is 357 g/mol. The minimum absolute atomic E-state index is 0.0778. The van der Waals surface area contributed by atoms with Crippen LogP contribution in [0.25, 0.3) is 0 Å². The van der Waals surface area contributed by atoms with Crippen molar-refractivity contribution in [3.8, 4) is 5.75 Å². The number of phenolic OH excluding ortho intramolecular Hbond substituents is 1. The highest BCUT2D eigenvalue weighted by Crippen LogP contribution is 2.48. The van der Waals surface area contributed by atoms with Gasteiger partial charge in [-0.15, -0.1) is 0 Å². The van der Waals surface area contributed by atoms with Crippen LogP contribution in [-0.4, -0.2) is 19.2 Å². The van der Waals surface area contributed by atoms with Gasteiger partial charge in [0.25, 0.3) is 0 Å². The minimum atomic E-state index is -0.137. The monoisotopic (exact) mass is 357 g/mol. The molecule has 0 radical (unpaired) electrons. The summed E-state index contributed by atoms with van der Waals surface area (Å²) >= 11 is 0. The van der Waals surface area contributed by atoms with E-state index >= 15 is 0 Å². The van der Waals surface area contributed by atoms with Crippen molar-refractivity contribution in [3.05, 3.63) is 53.1 Å². The fourth-order valence-corrected chi connectivity index (χ4v) is 4.81. The third-order valence-corrected chi connectivity index (χ3v) is 6.16. The smallest absolute Gasteiger partial charge is 0.123 e. The number of aromatic hydroxyl groups is 1. The van der Waals surface area contributed by atoms with Crippen LogP contribution in [0.3, 0.4) is 0 Å². The highest BCUT2D eigenvalue weighted by atomic mass is 31.1. The summed E-state index contributed by atoms with van der Waals surface area (Å²) in [6.07, 6.45) is 0. The summed E-state index contributed by atoms with van der Waals surface area (Å²) in [5.41, 5.74) is 4.45. The van der Waals surface area contributed by atoms with Crippen LogP contribution >= 0.6 is 8.58 Å². The van der Waals surface area contributed by atoms with Crippen molar-refractivity contribution in [2.24, 2.45) is 0 Å². The summed E-state index contributed by atoms with van der Waals surface area (Å²) in [6.45, 7) is 13.1. The van der Waals surface area contributed by atoms with Gasteiger partial charge < -0.3 is 10.0 Å². The van der Waals surface area contributed by atoms with Crippen molar-refractivity contribution >= 4 is 19.6 Å². The molecule has 0 saturated heterocycles. The van der Waals surface area contributed by atoms with Gasteiger partial charge in [-0.05, 0) is 29.3 Å². The first kappa shape index (κ1) is 19.8. The number of rotatable bonds is 4. The van der Waals surface area contributed by atoms with E-state index in [2.05, 4.69) is 96.9 Å². The molecule has 0 bridgehead atoms. The number of anilines is 1. The molecule has 25 heavy (non-hydrogen) atoms. The first-order chi connectivity index (χ1) is 11.4. The van der Waals surface area contributed by atoms with Crippen LogP contribution in [0.4, 0.5) is 5.69 Å². The van der Waals surface area contributed by atoms with Crippen LogP contribution < -0.4 is 10.2 Å². The molecule has 2 aromatic carbocycles. The van der Waals surface area contributed by atoms with E-state index in [4.69, 9.17) is 0 Å². The van der Waals surface area contributed by atoms with Crippen molar-refractivity contribution in [1.82, 2.24) is 0 Å². The number of benzene rings is 2. The number of aryl methyl sites for hydroxylation is 1. The zero-order valence-electron chi connectivity index (χ0n) is 16.9. The van der Waals surface area contributed by atoms with Gasteiger partial charge >= 0.3 is 0 Å². The first-order valence-corrected chi connectivity index (χ1v) is 9.82. The highest BCUT2D eigenvalue weighted by molar-refractivity contribution is 7.49. The molecule has 2 rings (SSSR count). The number of hydrogen-bond acceptors (Lipinski definition) is 2. The SMILES string of the molecule is Cc1cc(C(C)(C)C)c(O)c(C(C)(C)Pc2ccccc2N(C)C)c1. The zero-order valence-corrected chi connectivity index (χ0v) is 17.9. The van der Waals surface area contributed by atoms with E-state index in [0.29, 0.717) is 14.3 Å². The summed E-state index contributed by atoms with van der Waals surface area (Å²) in [5.74, 6) is 0.456. The Labute approximate surface area is 155 Å². The summed E-state index contributed by atoms with van der Waals surface area (Å²) in [4.78, 5) is 2.16. The molecule has 0 heterocycles. The van der Waals surface area contributed by atoms with Crippen molar-refractivity contribution in [2.45, 2.75) is 52.1 Å². The lowest BCUT2D eigenvalue weighted by molar-refractivity contribution is 0.434. The minimum Gasteiger partial charge on any atom is -0.507 e. The maximum absolute atomic E-state index is 11.0. The Bertz CT molecular complexity index is 757. The van der Waals surface area contributed by atoms with Crippen molar-refractivity contribution < 1.29 is 5.11 Å². The molecule has 0 aromatic heterocycles. The maximum Gasteiger partial charge on any atom is 0.123 e. The summed E-state index contributed by atoms with van der Waals surface area (Å²) < 4.78 is 0. The standard InChI is InChI=1S/C22H32NOP/c1-15-13-16(21(2,3)4)20(24)17(14-15)22(5,6)25-19-12-10-9-11-18(19)23(7)8/h9-14,24-25H,1-8H3. The van der Waals surface area contributed by atoms with Crippen molar-refractivity contribution in [3.63, 3.8) is 0 Å². The van der Waals surface area contributed by atoms with Crippen molar-refractivity contribution in [2.75, 3.05) is 19.0 Å². The molecule has 3 heteroatoms. The van der Waals surface area contributed by atoms with Gasteiger partial charge in [0.2, 0.25) is 0 Å². The van der Waals surface area contributed by atoms with Gasteiger partial charge in [-0.25, -0.2) is 0 Å². The quantitative estimate of drug-likeness (QED) is 0.750. The fourth-order valence-electron chi connectivity index (χ4n) is 3.20. The van der Waals surface area contributed by atoms with E-state index in [1.165, 1.54) is 16.6 Å². The molecule has 136 valence electrons. The van der Waals surface area contributed by atoms with E-state index in [9.17, 15) is 5.11 Å². The molecule has 0 aliphatic carbocycles. The van der Waals surface area contributed by atoms with Gasteiger partial charge in [0.05, 0.1) is 0 Å². The molecule has 0 aliphatic rings. The Morgan fingerprint density at radius 2 is 1.48 bits per heavy atom. The molecule has 0 spiro atoms. The van der Waals surface area contributed by atoms with Gasteiger partial charge in [-0.3, -0.25) is 0 Å². The molecule has 1 unspecified atom stereocenters. The largest absolute Gasteiger partial charge is 0.507 e. The number of para-hydroxylation sites is 1. The Morgan fingerprint density at radius 1 is 0.920 bits per heavy atom. The second-order valence-electron chi connectivity index (χ2n) is 8.62. The lowest BCUT2D eigenvalue weighted by Gasteiger charge is -2.31. The summed E-state index contributed by atoms with van der Waals surface area (Å²) in [5, 5.41) is 12.2. The van der Waals surface area contributed by atoms with E-state index in [1.807, 2.05) is 0 Å². The second-order valence-corrected chi connectivity index (χ2v) is 10.7. The van der Waals surface area contributed by atoms with Crippen LogP contribution in [0, 0.1) is 6.92 Å². The molecule has 2 nitrogen and oxygen atoms in total. The van der Waals surface area contributed by atoms with E-state index in [-0.39, 0.29) is 10.6 Å². The molecule has 0 aliphatic heterocycles. The predicted octanol–water partition coefficient (Wildman–Crippen LogP) is 5.30. The Hall–Kier alpha value is -1.53. The summed E-state index contributed by atoms with van der Waals surface area (Å²) in [7, 11) is 4.73. The number of hydrogen-bond donors (Lipinski definition) is 1. The third-order valence-electron chi connectivity index (χ3n) is 4.57. The lowest BCUT2D eigenvalue weighted by atomic mass is 9.82. The van der Waals surface area contributed by atoms with E-state index in [1.54, 1.807) is 0 Å². The van der Waals surface area contributed by atoms with Crippen molar-refractivity contribution in [1.29, 1.82) is 0 Å². The van der Waals surface area contributed by atoms with Gasteiger partial charge in [-0.2, -0.15) is 0 Å². The maximum atomic E-state index is 11.0. The topological polar surface area (TPSA) is 23.5 Å². The molecule has 0 amide bonds. The third kappa shape index (κ3) is 4.36. The van der Waals surface area contributed by atoms with E-state index in [0.717, 1.165) is 11.1 Å². The average Bonchev–Trinajstić information content (AvgIpc) is 2.48. The second kappa shape index (κ2) is 7.00. The number of nitrogens with zero attached hydrogens (tertiary/aromatic N) is 1. The molecular formula is C22H32NOP. The fraction of sp³-hybridized carbons (Fsp3) is 0.455. The number of phenols is 1. The normalized spacial score (nSPS) is 12.8.